The molecule has 0 spiro atoms. The normalized spacial score (nSPS) is 10.9. The van der Waals surface area contributed by atoms with Crippen LogP contribution in [0.4, 0.5) is 0 Å². The molecule has 0 fully saturated rings. The van der Waals surface area contributed by atoms with Crippen LogP contribution in [0.2, 0.25) is 0 Å². The van der Waals surface area contributed by atoms with Gasteiger partial charge in [-0.1, -0.05) is 42.5 Å². The van der Waals surface area contributed by atoms with E-state index in [2.05, 4.69) is 50.2 Å². The Morgan fingerprint density at radius 3 is 2.41 bits per heavy atom. The third-order valence-corrected chi connectivity index (χ3v) is 3.35. The third kappa shape index (κ3) is 1.55. The van der Waals surface area contributed by atoms with Crippen LogP contribution < -0.4 is 0 Å². The highest BCUT2D eigenvalue weighted by Gasteiger charge is 2.10. The minimum absolute atomic E-state index is 1.00. The van der Waals surface area contributed by atoms with Gasteiger partial charge in [-0.15, -0.1) is 0 Å². The molecule has 0 bridgehead atoms. The van der Waals surface area contributed by atoms with Gasteiger partial charge in [-0.05, 0) is 30.5 Å². The van der Waals surface area contributed by atoms with E-state index in [-0.39, 0.29) is 0 Å². The van der Waals surface area contributed by atoms with Crippen LogP contribution in [0.1, 0.15) is 11.1 Å². The maximum atomic E-state index is 5.72. The summed E-state index contributed by atoms with van der Waals surface area (Å²) >= 11 is 0. The molecule has 0 radical (unpaired) electrons. The molecule has 0 aliphatic carbocycles. The molecule has 84 valence electrons. The lowest BCUT2D eigenvalue weighted by atomic mass is 10.0. The molecule has 17 heavy (non-hydrogen) atoms. The molecule has 3 aromatic rings. The second-order valence-electron chi connectivity index (χ2n) is 4.40. The van der Waals surface area contributed by atoms with Crippen molar-refractivity contribution in [3.8, 4) is 11.1 Å². The molecule has 0 unspecified atom stereocenters. The van der Waals surface area contributed by atoms with Gasteiger partial charge in [-0.2, -0.15) is 0 Å². The number of fused-ring (bicyclic) bond motifs is 1. The van der Waals surface area contributed by atoms with E-state index in [1.54, 1.807) is 0 Å². The molecule has 0 aliphatic heterocycles. The summed E-state index contributed by atoms with van der Waals surface area (Å²) in [5, 5.41) is 1.19. The van der Waals surface area contributed by atoms with Gasteiger partial charge in [0.25, 0.3) is 0 Å². The minimum Gasteiger partial charge on any atom is -0.463 e. The number of hydrogen-bond donors (Lipinski definition) is 0. The summed E-state index contributed by atoms with van der Waals surface area (Å²) < 4.78 is 5.72. The number of benzene rings is 2. The summed E-state index contributed by atoms with van der Waals surface area (Å²) in [6, 6.07) is 14.6. The number of rotatable bonds is 1. The Bertz CT molecular complexity index is 663. The highest BCUT2D eigenvalue weighted by Crippen LogP contribution is 2.33. The Balaban J connectivity index is 2.30. The molecule has 0 aliphatic rings. The molecular weight excluding hydrogens is 208 g/mol. The molecule has 1 heterocycles. The molecule has 0 N–H and O–H groups in total. The first-order valence-corrected chi connectivity index (χ1v) is 5.80. The first kappa shape index (κ1) is 10.2. The van der Waals surface area contributed by atoms with Crippen molar-refractivity contribution < 1.29 is 4.42 Å². The quantitative estimate of drug-likeness (QED) is 0.580. The predicted molar refractivity (Wildman–Crippen MR) is 71.1 cm³/mol. The molecule has 1 aromatic heterocycles. The minimum atomic E-state index is 1.00. The Labute approximate surface area is 101 Å². The van der Waals surface area contributed by atoms with Crippen LogP contribution in [0, 0.1) is 13.8 Å². The topological polar surface area (TPSA) is 13.1 Å². The molecule has 1 nitrogen and oxygen atoms in total. The lowest BCUT2D eigenvalue weighted by molar-refractivity contribution is 0.614. The van der Waals surface area contributed by atoms with E-state index in [0.717, 1.165) is 5.58 Å². The first-order chi connectivity index (χ1) is 8.27. The van der Waals surface area contributed by atoms with Crippen molar-refractivity contribution >= 4 is 11.0 Å². The average Bonchev–Trinajstić information content (AvgIpc) is 2.79. The van der Waals surface area contributed by atoms with Crippen LogP contribution in [0.15, 0.2) is 53.1 Å². The lowest BCUT2D eigenvalue weighted by Gasteiger charge is -2.01. The maximum absolute atomic E-state index is 5.72. The van der Waals surface area contributed by atoms with Crippen molar-refractivity contribution in [2.75, 3.05) is 0 Å². The number of aryl methyl sites for hydroxylation is 2. The van der Waals surface area contributed by atoms with Crippen LogP contribution in [0.5, 0.6) is 0 Å². The molecule has 2 aromatic carbocycles. The van der Waals surface area contributed by atoms with Crippen molar-refractivity contribution in [1.29, 1.82) is 0 Å². The fraction of sp³-hybridized carbons (Fsp3) is 0.125. The highest BCUT2D eigenvalue weighted by molar-refractivity contribution is 5.95. The summed E-state index contributed by atoms with van der Waals surface area (Å²) in [4.78, 5) is 0. The van der Waals surface area contributed by atoms with Crippen molar-refractivity contribution in [3.63, 3.8) is 0 Å². The molecule has 1 heteroatoms. The van der Waals surface area contributed by atoms with E-state index in [1.807, 2.05) is 12.3 Å². The van der Waals surface area contributed by atoms with Gasteiger partial charge in [-0.25, -0.2) is 0 Å². The molecule has 0 saturated carbocycles. The van der Waals surface area contributed by atoms with Crippen LogP contribution in [-0.2, 0) is 0 Å². The van der Waals surface area contributed by atoms with Crippen molar-refractivity contribution in [2.24, 2.45) is 0 Å². The molecular formula is C16H14O. The van der Waals surface area contributed by atoms with E-state index in [4.69, 9.17) is 4.42 Å². The second kappa shape index (κ2) is 3.77. The summed E-state index contributed by atoms with van der Waals surface area (Å²) in [7, 11) is 0. The maximum Gasteiger partial charge on any atom is 0.137 e. The van der Waals surface area contributed by atoms with Gasteiger partial charge < -0.3 is 4.42 Å². The van der Waals surface area contributed by atoms with Crippen molar-refractivity contribution in [2.45, 2.75) is 13.8 Å². The smallest absolute Gasteiger partial charge is 0.137 e. The number of hydrogen-bond acceptors (Lipinski definition) is 1. The molecule has 0 atom stereocenters. The zero-order valence-corrected chi connectivity index (χ0v) is 10.0. The van der Waals surface area contributed by atoms with Crippen LogP contribution in [0.3, 0.4) is 0 Å². The Hall–Kier alpha value is -2.02. The number of furan rings is 1. The monoisotopic (exact) mass is 222 g/mol. The van der Waals surface area contributed by atoms with Gasteiger partial charge in [0.15, 0.2) is 0 Å². The SMILES string of the molecule is Cc1ccc2c(-c3ccccc3)coc2c1C. The lowest BCUT2D eigenvalue weighted by Crippen LogP contribution is -1.81. The summed E-state index contributed by atoms with van der Waals surface area (Å²) in [5.74, 6) is 0. The van der Waals surface area contributed by atoms with Crippen LogP contribution in [-0.4, -0.2) is 0 Å². The summed E-state index contributed by atoms with van der Waals surface area (Å²) in [6.45, 7) is 4.22. The first-order valence-electron chi connectivity index (χ1n) is 5.80. The third-order valence-electron chi connectivity index (χ3n) is 3.35. The van der Waals surface area contributed by atoms with Gasteiger partial charge in [0, 0.05) is 10.9 Å². The standard InChI is InChI=1S/C16H14O/c1-11-8-9-14-15(10-17-16(14)12(11)2)13-6-4-3-5-7-13/h3-10H,1-2H3. The average molecular weight is 222 g/mol. The largest absolute Gasteiger partial charge is 0.463 e. The van der Waals surface area contributed by atoms with Gasteiger partial charge in [0.2, 0.25) is 0 Å². The van der Waals surface area contributed by atoms with Crippen molar-refractivity contribution in [1.82, 2.24) is 0 Å². The van der Waals surface area contributed by atoms with Crippen LogP contribution in [0.25, 0.3) is 22.1 Å². The summed E-state index contributed by atoms with van der Waals surface area (Å²) in [5.41, 5.74) is 5.87. The summed E-state index contributed by atoms with van der Waals surface area (Å²) in [6.07, 6.45) is 1.85. The Morgan fingerprint density at radius 2 is 1.65 bits per heavy atom. The van der Waals surface area contributed by atoms with Gasteiger partial charge in [-0.3, -0.25) is 0 Å². The van der Waals surface area contributed by atoms with E-state index in [1.165, 1.54) is 27.6 Å². The van der Waals surface area contributed by atoms with E-state index < -0.39 is 0 Å². The zero-order valence-electron chi connectivity index (χ0n) is 10.0. The Morgan fingerprint density at radius 1 is 0.882 bits per heavy atom. The van der Waals surface area contributed by atoms with E-state index >= 15 is 0 Å². The molecule has 3 rings (SSSR count). The van der Waals surface area contributed by atoms with Gasteiger partial charge in [0.05, 0.1) is 6.26 Å². The highest BCUT2D eigenvalue weighted by atomic mass is 16.3. The van der Waals surface area contributed by atoms with Gasteiger partial charge >= 0.3 is 0 Å². The second-order valence-corrected chi connectivity index (χ2v) is 4.40. The fourth-order valence-electron chi connectivity index (χ4n) is 2.18. The fourth-order valence-corrected chi connectivity index (χ4v) is 2.18. The van der Waals surface area contributed by atoms with Crippen molar-refractivity contribution in [3.05, 3.63) is 59.9 Å². The molecule has 0 amide bonds. The predicted octanol–water partition coefficient (Wildman–Crippen LogP) is 4.72. The van der Waals surface area contributed by atoms with Crippen LogP contribution >= 0.6 is 0 Å². The zero-order chi connectivity index (χ0) is 11.8. The Kier molecular flexibility index (Phi) is 2.25. The van der Waals surface area contributed by atoms with Gasteiger partial charge in [0.1, 0.15) is 5.58 Å². The van der Waals surface area contributed by atoms with E-state index in [0.29, 0.717) is 0 Å². The molecule has 0 saturated heterocycles. The van der Waals surface area contributed by atoms with E-state index in [9.17, 15) is 0 Å².